The van der Waals surface area contributed by atoms with Gasteiger partial charge in [0.25, 0.3) is 0 Å². The van der Waals surface area contributed by atoms with Gasteiger partial charge in [-0.05, 0) is 12.1 Å². The Hall–Kier alpha value is -0.960. The average molecular weight is 152 g/mol. The Morgan fingerprint density at radius 3 is 3.00 bits per heavy atom. The summed E-state index contributed by atoms with van der Waals surface area (Å²) in [6.07, 6.45) is 3.37. The highest BCUT2D eigenvalue weighted by atomic mass is 32.1. The van der Waals surface area contributed by atoms with Gasteiger partial charge in [0.05, 0.1) is 11.3 Å². The molecule has 51 valence electrons. The Morgan fingerprint density at radius 2 is 2.40 bits per heavy atom. The van der Waals surface area contributed by atoms with Crippen LogP contribution in [0, 0.1) is 6.42 Å². The predicted octanol–water partition coefficient (Wildman–Crippen LogP) is 0.649. The van der Waals surface area contributed by atoms with E-state index in [-0.39, 0.29) is 0 Å². The SMILES string of the molecule is O=S=C[CH]c1ccccn1. The van der Waals surface area contributed by atoms with Crippen LogP contribution in [0.2, 0.25) is 0 Å². The van der Waals surface area contributed by atoms with Gasteiger partial charge >= 0.3 is 0 Å². The molecule has 0 spiro atoms. The van der Waals surface area contributed by atoms with Crippen LogP contribution in [0.3, 0.4) is 0 Å². The molecule has 0 aliphatic carbocycles. The van der Waals surface area contributed by atoms with Crippen molar-refractivity contribution in [3.63, 3.8) is 0 Å². The van der Waals surface area contributed by atoms with Gasteiger partial charge in [0.15, 0.2) is 0 Å². The van der Waals surface area contributed by atoms with E-state index in [0.29, 0.717) is 11.3 Å². The van der Waals surface area contributed by atoms with Gasteiger partial charge in [-0.25, -0.2) is 4.21 Å². The monoisotopic (exact) mass is 152 g/mol. The predicted molar refractivity (Wildman–Crippen MR) is 41.8 cm³/mol. The lowest BCUT2D eigenvalue weighted by Crippen LogP contribution is -1.85. The summed E-state index contributed by atoms with van der Waals surface area (Å²) in [5, 5.41) is 1.46. The Labute approximate surface area is 63.0 Å². The number of nitrogens with zero attached hydrogens (tertiary/aromatic N) is 1. The Kier molecular flexibility index (Phi) is 2.83. The van der Waals surface area contributed by atoms with Crippen LogP contribution >= 0.6 is 0 Å². The molecule has 1 aromatic rings. The molecule has 0 saturated heterocycles. The van der Waals surface area contributed by atoms with E-state index in [9.17, 15) is 4.21 Å². The molecule has 0 atom stereocenters. The van der Waals surface area contributed by atoms with E-state index in [1.807, 2.05) is 18.2 Å². The minimum Gasteiger partial charge on any atom is -0.261 e. The summed E-state index contributed by atoms with van der Waals surface area (Å²) < 4.78 is 9.91. The Bertz CT molecular complexity index is 241. The molecule has 0 unspecified atom stereocenters. The number of aromatic nitrogens is 1. The minimum absolute atomic E-state index is 0.426. The van der Waals surface area contributed by atoms with E-state index < -0.39 is 0 Å². The van der Waals surface area contributed by atoms with Crippen LogP contribution in [-0.2, 0) is 11.3 Å². The lowest BCUT2D eigenvalue weighted by Gasteiger charge is -1.88. The first-order chi connectivity index (χ1) is 4.93. The van der Waals surface area contributed by atoms with Crippen molar-refractivity contribution in [3.8, 4) is 0 Å². The zero-order valence-corrected chi connectivity index (χ0v) is 6.04. The summed E-state index contributed by atoms with van der Waals surface area (Å²) in [7, 11) is 0. The van der Waals surface area contributed by atoms with Crippen LogP contribution in [-0.4, -0.2) is 14.6 Å². The highest BCUT2D eigenvalue weighted by Gasteiger charge is 1.86. The molecule has 0 N–H and O–H groups in total. The maximum atomic E-state index is 9.91. The molecule has 1 rings (SSSR count). The minimum atomic E-state index is 0.426. The molecule has 0 bridgehead atoms. The van der Waals surface area contributed by atoms with E-state index in [1.165, 1.54) is 5.37 Å². The van der Waals surface area contributed by atoms with E-state index >= 15 is 0 Å². The largest absolute Gasteiger partial charge is 0.261 e. The number of rotatable bonds is 2. The molecule has 0 saturated carbocycles. The molecule has 0 amide bonds. The fourth-order valence-electron chi connectivity index (χ4n) is 0.572. The molecule has 0 aliphatic heterocycles. The third-order valence-electron chi connectivity index (χ3n) is 0.982. The van der Waals surface area contributed by atoms with Crippen LogP contribution in [0.15, 0.2) is 24.4 Å². The van der Waals surface area contributed by atoms with Crippen molar-refractivity contribution in [2.75, 3.05) is 0 Å². The van der Waals surface area contributed by atoms with Gasteiger partial charge in [0.2, 0.25) is 0 Å². The molecule has 0 aromatic carbocycles. The molecular formula is C7H6NOS. The second kappa shape index (κ2) is 3.95. The molecular weight excluding hydrogens is 146 g/mol. The zero-order chi connectivity index (χ0) is 7.23. The zero-order valence-electron chi connectivity index (χ0n) is 5.23. The maximum Gasteiger partial charge on any atom is 0.0848 e. The topological polar surface area (TPSA) is 30.0 Å². The van der Waals surface area contributed by atoms with Crippen LogP contribution < -0.4 is 0 Å². The lowest BCUT2D eigenvalue weighted by molar-refractivity contribution is 0.701. The van der Waals surface area contributed by atoms with Crippen LogP contribution in [0.4, 0.5) is 0 Å². The molecule has 0 fully saturated rings. The molecule has 2 nitrogen and oxygen atoms in total. The molecule has 1 radical (unpaired) electrons. The summed E-state index contributed by atoms with van der Waals surface area (Å²) >= 11 is 0.426. The molecule has 3 heteroatoms. The number of pyridine rings is 1. The second-order valence-electron chi connectivity index (χ2n) is 1.65. The maximum absolute atomic E-state index is 9.91. The van der Waals surface area contributed by atoms with Gasteiger partial charge < -0.3 is 0 Å². The van der Waals surface area contributed by atoms with Crippen molar-refractivity contribution in [2.45, 2.75) is 0 Å². The first-order valence-corrected chi connectivity index (χ1v) is 3.60. The summed E-state index contributed by atoms with van der Waals surface area (Å²) in [5.41, 5.74) is 0.811. The fourth-order valence-corrected chi connectivity index (χ4v) is 0.767. The van der Waals surface area contributed by atoms with Crippen molar-refractivity contribution >= 4 is 16.6 Å². The highest BCUT2D eigenvalue weighted by molar-refractivity contribution is 7.65. The van der Waals surface area contributed by atoms with Gasteiger partial charge in [-0.2, -0.15) is 0 Å². The average Bonchev–Trinajstić information content (AvgIpc) is 2.03. The van der Waals surface area contributed by atoms with E-state index in [1.54, 1.807) is 12.6 Å². The van der Waals surface area contributed by atoms with Gasteiger partial charge in [0, 0.05) is 23.7 Å². The van der Waals surface area contributed by atoms with Crippen molar-refractivity contribution < 1.29 is 4.21 Å². The van der Waals surface area contributed by atoms with Crippen molar-refractivity contribution in [2.24, 2.45) is 0 Å². The van der Waals surface area contributed by atoms with Crippen molar-refractivity contribution in [3.05, 3.63) is 36.5 Å². The smallest absolute Gasteiger partial charge is 0.0848 e. The third kappa shape index (κ3) is 2.11. The first-order valence-electron chi connectivity index (χ1n) is 2.79. The van der Waals surface area contributed by atoms with Gasteiger partial charge in [-0.15, -0.1) is 0 Å². The normalized spacial score (nSPS) is 8.80. The molecule has 0 aliphatic rings. The van der Waals surface area contributed by atoms with E-state index in [2.05, 4.69) is 4.98 Å². The first kappa shape index (κ1) is 7.15. The summed E-state index contributed by atoms with van der Waals surface area (Å²) in [6, 6.07) is 5.55. The standard InChI is InChI=1S/C7H6NOS/c9-10-6-4-7-3-1-2-5-8-7/h1-6H. The van der Waals surface area contributed by atoms with E-state index in [4.69, 9.17) is 0 Å². The fraction of sp³-hybridized carbons (Fsp3) is 0. The van der Waals surface area contributed by atoms with E-state index in [0.717, 1.165) is 5.69 Å². The van der Waals surface area contributed by atoms with Gasteiger partial charge in [-0.1, -0.05) is 6.07 Å². The molecule has 10 heavy (non-hydrogen) atoms. The Morgan fingerprint density at radius 1 is 1.50 bits per heavy atom. The quantitative estimate of drug-likeness (QED) is 0.582. The van der Waals surface area contributed by atoms with Gasteiger partial charge in [0.1, 0.15) is 0 Å². The number of hydrogen-bond acceptors (Lipinski definition) is 2. The summed E-state index contributed by atoms with van der Waals surface area (Å²) in [6.45, 7) is 0. The van der Waals surface area contributed by atoms with Crippen molar-refractivity contribution in [1.29, 1.82) is 0 Å². The van der Waals surface area contributed by atoms with Crippen molar-refractivity contribution in [1.82, 2.24) is 4.98 Å². The van der Waals surface area contributed by atoms with Crippen LogP contribution in [0.5, 0.6) is 0 Å². The number of hydrogen-bond donors (Lipinski definition) is 0. The second-order valence-corrected chi connectivity index (χ2v) is 2.12. The Balaban J connectivity index is 2.67. The summed E-state index contributed by atoms with van der Waals surface area (Å²) in [4.78, 5) is 3.98. The lowest BCUT2D eigenvalue weighted by atomic mass is 10.3. The van der Waals surface area contributed by atoms with Gasteiger partial charge in [-0.3, -0.25) is 4.98 Å². The third-order valence-corrected chi connectivity index (χ3v) is 1.23. The van der Waals surface area contributed by atoms with Crippen LogP contribution in [0.1, 0.15) is 5.69 Å². The summed E-state index contributed by atoms with van der Waals surface area (Å²) in [5.74, 6) is 0. The molecule has 1 heterocycles. The van der Waals surface area contributed by atoms with Crippen LogP contribution in [0.25, 0.3) is 0 Å². The molecule has 1 aromatic heterocycles. The highest BCUT2D eigenvalue weighted by Crippen LogP contribution is 1.92.